The van der Waals surface area contributed by atoms with Crippen molar-refractivity contribution in [3.8, 4) is 17.2 Å². The van der Waals surface area contributed by atoms with E-state index in [9.17, 15) is 13.2 Å². The lowest BCUT2D eigenvalue weighted by Crippen LogP contribution is -2.50. The SMILES string of the molecule is COc1cc(C(=O)N2CCN(S(=O)(=O)c3ccc(C(C)(C)C)cc3)CC2)cc(OC)c1OC. The van der Waals surface area contributed by atoms with E-state index < -0.39 is 10.0 Å². The molecule has 0 bridgehead atoms. The Morgan fingerprint density at radius 2 is 1.36 bits per heavy atom. The summed E-state index contributed by atoms with van der Waals surface area (Å²) in [6.45, 7) is 7.27. The predicted molar refractivity (Wildman–Crippen MR) is 126 cm³/mol. The zero-order valence-corrected chi connectivity index (χ0v) is 20.9. The second kappa shape index (κ2) is 9.61. The van der Waals surface area contributed by atoms with Gasteiger partial charge < -0.3 is 19.1 Å². The number of sulfonamides is 1. The second-order valence-corrected chi connectivity index (χ2v) is 10.8. The molecule has 0 saturated carbocycles. The number of hydrogen-bond acceptors (Lipinski definition) is 6. The number of amides is 1. The molecule has 0 spiro atoms. The maximum absolute atomic E-state index is 13.1. The van der Waals surface area contributed by atoms with Gasteiger partial charge in [-0.1, -0.05) is 32.9 Å². The van der Waals surface area contributed by atoms with Gasteiger partial charge in [-0.25, -0.2) is 8.42 Å². The van der Waals surface area contributed by atoms with E-state index >= 15 is 0 Å². The van der Waals surface area contributed by atoms with Crippen molar-refractivity contribution < 1.29 is 27.4 Å². The minimum atomic E-state index is -3.63. The fourth-order valence-electron chi connectivity index (χ4n) is 3.79. The van der Waals surface area contributed by atoms with Crippen molar-refractivity contribution in [2.24, 2.45) is 0 Å². The number of benzene rings is 2. The molecule has 1 heterocycles. The number of nitrogens with zero attached hydrogens (tertiary/aromatic N) is 2. The highest BCUT2D eigenvalue weighted by Crippen LogP contribution is 2.38. The number of carbonyl (C=O) groups excluding carboxylic acids is 1. The Bertz CT molecular complexity index is 1070. The minimum absolute atomic E-state index is 0.0545. The van der Waals surface area contributed by atoms with Gasteiger partial charge in [0.15, 0.2) is 11.5 Å². The Kier molecular flexibility index (Phi) is 7.23. The van der Waals surface area contributed by atoms with Crippen LogP contribution in [0.1, 0.15) is 36.7 Å². The zero-order valence-electron chi connectivity index (χ0n) is 20.0. The molecule has 0 N–H and O–H groups in total. The molecule has 0 radical (unpaired) electrons. The normalized spacial score (nSPS) is 15.3. The summed E-state index contributed by atoms with van der Waals surface area (Å²) in [7, 11) is 0.847. The first-order valence-corrected chi connectivity index (χ1v) is 12.2. The number of methoxy groups -OCH3 is 3. The molecule has 9 heteroatoms. The Morgan fingerprint density at radius 1 is 0.848 bits per heavy atom. The number of ether oxygens (including phenoxy) is 3. The van der Waals surface area contributed by atoms with Crippen molar-refractivity contribution in [3.63, 3.8) is 0 Å². The van der Waals surface area contributed by atoms with Crippen molar-refractivity contribution in [1.82, 2.24) is 9.21 Å². The third-order valence-corrected chi connectivity index (χ3v) is 7.71. The summed E-state index contributed by atoms with van der Waals surface area (Å²) < 4.78 is 43.6. The van der Waals surface area contributed by atoms with Crippen molar-refractivity contribution in [2.75, 3.05) is 47.5 Å². The Morgan fingerprint density at radius 3 is 1.79 bits per heavy atom. The maximum Gasteiger partial charge on any atom is 0.254 e. The van der Waals surface area contributed by atoms with E-state index in [-0.39, 0.29) is 42.4 Å². The van der Waals surface area contributed by atoms with E-state index in [4.69, 9.17) is 14.2 Å². The molecule has 1 saturated heterocycles. The van der Waals surface area contributed by atoms with Crippen molar-refractivity contribution in [3.05, 3.63) is 47.5 Å². The molecule has 1 aliphatic heterocycles. The van der Waals surface area contributed by atoms with Gasteiger partial charge in [0.05, 0.1) is 26.2 Å². The lowest BCUT2D eigenvalue weighted by Gasteiger charge is -2.34. The molecular formula is C24H32N2O6S. The molecule has 8 nitrogen and oxygen atoms in total. The molecule has 33 heavy (non-hydrogen) atoms. The van der Waals surface area contributed by atoms with Crippen LogP contribution in [0, 0.1) is 0 Å². The van der Waals surface area contributed by atoms with Crippen LogP contribution in [0.2, 0.25) is 0 Å². The van der Waals surface area contributed by atoms with E-state index in [2.05, 4.69) is 20.8 Å². The van der Waals surface area contributed by atoms with Gasteiger partial charge >= 0.3 is 0 Å². The van der Waals surface area contributed by atoms with Crippen LogP contribution in [0.3, 0.4) is 0 Å². The van der Waals surface area contributed by atoms with Gasteiger partial charge in [0.2, 0.25) is 15.8 Å². The van der Waals surface area contributed by atoms with Crippen LogP contribution in [0.4, 0.5) is 0 Å². The largest absolute Gasteiger partial charge is 0.493 e. The molecule has 1 aliphatic rings. The van der Waals surface area contributed by atoms with Gasteiger partial charge in [-0.3, -0.25) is 4.79 Å². The maximum atomic E-state index is 13.1. The zero-order chi connectivity index (χ0) is 24.4. The smallest absolute Gasteiger partial charge is 0.254 e. The summed E-state index contributed by atoms with van der Waals surface area (Å²) in [5.41, 5.74) is 1.40. The van der Waals surface area contributed by atoms with Gasteiger partial charge in [-0.05, 0) is 35.2 Å². The Balaban J connectivity index is 1.73. The Labute approximate surface area is 196 Å². The first-order valence-electron chi connectivity index (χ1n) is 10.7. The lowest BCUT2D eigenvalue weighted by atomic mass is 9.87. The number of piperazine rings is 1. The van der Waals surface area contributed by atoms with Crippen LogP contribution in [-0.2, 0) is 15.4 Å². The summed E-state index contributed by atoms with van der Waals surface area (Å²) in [5.74, 6) is 0.964. The van der Waals surface area contributed by atoms with Gasteiger partial charge in [0.1, 0.15) is 0 Å². The molecule has 2 aromatic rings. The molecule has 180 valence electrons. The Hall–Kier alpha value is -2.78. The van der Waals surface area contributed by atoms with Gasteiger partial charge in [0.25, 0.3) is 5.91 Å². The van der Waals surface area contributed by atoms with Crippen LogP contribution in [0.25, 0.3) is 0 Å². The predicted octanol–water partition coefficient (Wildman–Crippen LogP) is 3.16. The molecule has 0 aromatic heterocycles. The van der Waals surface area contributed by atoms with Crippen molar-refractivity contribution in [2.45, 2.75) is 31.1 Å². The molecule has 0 aliphatic carbocycles. The fourth-order valence-corrected chi connectivity index (χ4v) is 5.22. The van der Waals surface area contributed by atoms with Crippen LogP contribution in [0.15, 0.2) is 41.3 Å². The number of rotatable bonds is 6. The monoisotopic (exact) mass is 476 g/mol. The molecule has 0 unspecified atom stereocenters. The van der Waals surface area contributed by atoms with E-state index in [0.29, 0.717) is 22.8 Å². The third-order valence-electron chi connectivity index (χ3n) is 5.80. The van der Waals surface area contributed by atoms with Crippen LogP contribution < -0.4 is 14.2 Å². The molecule has 3 rings (SSSR count). The highest BCUT2D eigenvalue weighted by Gasteiger charge is 2.31. The fraction of sp³-hybridized carbons (Fsp3) is 0.458. The number of hydrogen-bond donors (Lipinski definition) is 0. The highest BCUT2D eigenvalue weighted by atomic mass is 32.2. The first-order chi connectivity index (χ1) is 15.5. The summed E-state index contributed by atoms with van der Waals surface area (Å²) in [6, 6.07) is 10.2. The van der Waals surface area contributed by atoms with Crippen LogP contribution in [0.5, 0.6) is 17.2 Å². The summed E-state index contributed by atoms with van der Waals surface area (Å²) in [5, 5.41) is 0. The molecule has 0 atom stereocenters. The first kappa shape index (κ1) is 24.9. The van der Waals surface area contributed by atoms with Crippen molar-refractivity contribution in [1.29, 1.82) is 0 Å². The van der Waals surface area contributed by atoms with E-state index in [1.807, 2.05) is 12.1 Å². The third kappa shape index (κ3) is 5.09. The lowest BCUT2D eigenvalue weighted by molar-refractivity contribution is 0.0697. The standard InChI is InChI=1S/C24H32N2O6S/c1-24(2,3)18-7-9-19(10-8-18)33(28,29)26-13-11-25(12-14-26)23(27)17-15-20(30-4)22(32-6)21(16-17)31-5/h7-10,15-16H,11-14H2,1-6H3. The summed E-state index contributed by atoms with van der Waals surface area (Å²) in [6.07, 6.45) is 0. The molecule has 1 fully saturated rings. The van der Waals surface area contributed by atoms with Crippen LogP contribution in [-0.4, -0.2) is 71.0 Å². The number of carbonyl (C=O) groups is 1. The summed E-state index contributed by atoms with van der Waals surface area (Å²) >= 11 is 0. The molecular weight excluding hydrogens is 444 g/mol. The topological polar surface area (TPSA) is 85.4 Å². The van der Waals surface area contributed by atoms with E-state index in [0.717, 1.165) is 5.56 Å². The van der Waals surface area contributed by atoms with Gasteiger partial charge in [0, 0.05) is 31.7 Å². The average Bonchev–Trinajstić information content (AvgIpc) is 2.82. The summed E-state index contributed by atoms with van der Waals surface area (Å²) in [4.78, 5) is 15.0. The van der Waals surface area contributed by atoms with Crippen LogP contribution >= 0.6 is 0 Å². The van der Waals surface area contributed by atoms with Gasteiger partial charge in [-0.2, -0.15) is 4.31 Å². The highest BCUT2D eigenvalue weighted by molar-refractivity contribution is 7.89. The quantitative estimate of drug-likeness (QED) is 0.637. The second-order valence-electron chi connectivity index (χ2n) is 8.88. The molecule has 1 amide bonds. The average molecular weight is 477 g/mol. The van der Waals surface area contributed by atoms with Crippen molar-refractivity contribution >= 4 is 15.9 Å². The minimum Gasteiger partial charge on any atom is -0.493 e. The van der Waals surface area contributed by atoms with E-state index in [1.165, 1.54) is 25.6 Å². The molecule has 2 aromatic carbocycles. The van der Waals surface area contributed by atoms with Gasteiger partial charge in [-0.15, -0.1) is 0 Å². The van der Waals surface area contributed by atoms with E-state index in [1.54, 1.807) is 29.2 Å².